The number of phenolic OH excluding ortho intramolecular Hbond substituents is 1. The summed E-state index contributed by atoms with van der Waals surface area (Å²) in [6.07, 6.45) is 1.65. The molecule has 0 saturated carbocycles. The number of hydrogen-bond donors (Lipinski definition) is 1. The molecule has 0 spiro atoms. The lowest BCUT2D eigenvalue weighted by atomic mass is 10.2. The first-order chi connectivity index (χ1) is 10.8. The summed E-state index contributed by atoms with van der Waals surface area (Å²) < 4.78 is 1.84. The second kappa shape index (κ2) is 4.70. The van der Waals surface area contributed by atoms with Gasteiger partial charge in [-0.25, -0.2) is 0 Å². The van der Waals surface area contributed by atoms with Crippen LogP contribution in [0.2, 0.25) is 0 Å². The smallest absolute Gasteiger partial charge is 0.257 e. The summed E-state index contributed by atoms with van der Waals surface area (Å²) in [6.45, 7) is 0. The molecule has 0 unspecified atom stereocenters. The molecule has 6 heteroatoms. The Morgan fingerprint density at radius 2 is 1.82 bits per heavy atom. The molecule has 0 aliphatic heterocycles. The van der Waals surface area contributed by atoms with Gasteiger partial charge < -0.3 is 10.0 Å². The van der Waals surface area contributed by atoms with Crippen LogP contribution in [0.15, 0.2) is 54.9 Å². The zero-order chi connectivity index (χ0) is 15.1. The lowest BCUT2D eigenvalue weighted by molar-refractivity contribution is 0.476. The van der Waals surface area contributed by atoms with Crippen molar-refractivity contribution in [2.24, 2.45) is 0 Å². The van der Waals surface area contributed by atoms with E-state index in [0.29, 0.717) is 11.5 Å². The lowest BCUT2D eigenvalue weighted by Gasteiger charge is -2.21. The molecular formula is C16H13N5O. The number of para-hydroxylation sites is 3. The van der Waals surface area contributed by atoms with E-state index in [4.69, 9.17) is 0 Å². The Hall–Kier alpha value is -3.15. The highest BCUT2D eigenvalue weighted by Crippen LogP contribution is 2.34. The third-order valence-electron chi connectivity index (χ3n) is 3.70. The molecule has 0 bridgehead atoms. The molecule has 0 radical (unpaired) electrons. The molecule has 2 aromatic carbocycles. The third kappa shape index (κ3) is 1.77. The molecule has 108 valence electrons. The van der Waals surface area contributed by atoms with Crippen molar-refractivity contribution < 1.29 is 5.11 Å². The fraction of sp³-hybridized carbons (Fsp3) is 0.0625. The van der Waals surface area contributed by atoms with E-state index in [0.717, 1.165) is 16.7 Å². The minimum atomic E-state index is 0.206. The van der Waals surface area contributed by atoms with Gasteiger partial charge in [-0.15, -0.1) is 10.2 Å². The first-order valence-corrected chi connectivity index (χ1v) is 6.86. The van der Waals surface area contributed by atoms with Gasteiger partial charge in [-0.1, -0.05) is 24.3 Å². The first-order valence-electron chi connectivity index (χ1n) is 6.86. The Morgan fingerprint density at radius 3 is 2.68 bits per heavy atom. The van der Waals surface area contributed by atoms with Crippen molar-refractivity contribution >= 4 is 28.2 Å². The van der Waals surface area contributed by atoms with Crippen LogP contribution in [0.1, 0.15) is 0 Å². The summed E-state index contributed by atoms with van der Waals surface area (Å²) in [4.78, 5) is 6.44. The summed E-state index contributed by atoms with van der Waals surface area (Å²) >= 11 is 0. The van der Waals surface area contributed by atoms with E-state index in [2.05, 4.69) is 15.2 Å². The number of anilines is 2. The quantitative estimate of drug-likeness (QED) is 0.615. The normalized spacial score (nSPS) is 11.1. The predicted molar refractivity (Wildman–Crippen MR) is 84.5 cm³/mol. The van der Waals surface area contributed by atoms with E-state index in [-0.39, 0.29) is 5.75 Å². The fourth-order valence-electron chi connectivity index (χ4n) is 2.62. The number of nitrogens with zero attached hydrogens (tertiary/aromatic N) is 5. The van der Waals surface area contributed by atoms with Gasteiger partial charge in [0.2, 0.25) is 0 Å². The number of phenols is 1. The lowest BCUT2D eigenvalue weighted by Crippen LogP contribution is -2.13. The summed E-state index contributed by atoms with van der Waals surface area (Å²) in [5.74, 6) is 1.45. The van der Waals surface area contributed by atoms with Crippen LogP contribution < -0.4 is 4.90 Å². The summed E-state index contributed by atoms with van der Waals surface area (Å²) in [5.41, 5.74) is 1.65. The number of aromatic nitrogens is 4. The molecular weight excluding hydrogens is 278 g/mol. The predicted octanol–water partition coefficient (Wildman–Crippen LogP) is 2.75. The SMILES string of the molecule is CN(c1ccccc1O)c1nc2nncn2c2ccccc12. The molecule has 22 heavy (non-hydrogen) atoms. The zero-order valence-electron chi connectivity index (χ0n) is 11.9. The summed E-state index contributed by atoms with van der Waals surface area (Å²) in [6, 6.07) is 15.1. The van der Waals surface area contributed by atoms with Crippen molar-refractivity contribution in [2.75, 3.05) is 11.9 Å². The number of rotatable bonds is 2. The van der Waals surface area contributed by atoms with Gasteiger partial charge in [0.1, 0.15) is 17.9 Å². The maximum atomic E-state index is 10.1. The molecule has 1 N–H and O–H groups in total. The van der Waals surface area contributed by atoms with E-state index >= 15 is 0 Å². The molecule has 4 rings (SSSR count). The Labute approximate surface area is 126 Å². The van der Waals surface area contributed by atoms with Crippen molar-refractivity contribution in [3.8, 4) is 5.75 Å². The standard InChI is InChI=1S/C16H13N5O/c1-20(13-8-4-5-9-14(13)22)15-11-6-2-3-7-12(11)21-10-17-19-16(21)18-15/h2-10,22H,1H3. The van der Waals surface area contributed by atoms with Crippen LogP contribution in [0.25, 0.3) is 16.7 Å². The maximum Gasteiger partial charge on any atom is 0.257 e. The number of fused-ring (bicyclic) bond motifs is 3. The molecule has 2 aromatic heterocycles. The van der Waals surface area contributed by atoms with Crippen molar-refractivity contribution in [3.05, 3.63) is 54.9 Å². The van der Waals surface area contributed by atoms with Crippen molar-refractivity contribution in [3.63, 3.8) is 0 Å². The fourth-order valence-corrected chi connectivity index (χ4v) is 2.62. The van der Waals surface area contributed by atoms with E-state index in [9.17, 15) is 5.11 Å². The number of benzene rings is 2. The Morgan fingerprint density at radius 1 is 1.05 bits per heavy atom. The monoisotopic (exact) mass is 291 g/mol. The van der Waals surface area contributed by atoms with Gasteiger partial charge in [-0.3, -0.25) is 4.40 Å². The van der Waals surface area contributed by atoms with Gasteiger partial charge in [0.15, 0.2) is 0 Å². The third-order valence-corrected chi connectivity index (χ3v) is 3.70. The maximum absolute atomic E-state index is 10.1. The Balaban J connectivity index is 2.02. The second-order valence-electron chi connectivity index (χ2n) is 5.00. The van der Waals surface area contributed by atoms with Crippen molar-refractivity contribution in [1.29, 1.82) is 0 Å². The molecule has 0 saturated heterocycles. The molecule has 0 aliphatic carbocycles. The average molecular weight is 291 g/mol. The topological polar surface area (TPSA) is 66.5 Å². The minimum absolute atomic E-state index is 0.206. The molecule has 0 amide bonds. The van der Waals surface area contributed by atoms with E-state index in [1.807, 2.05) is 52.7 Å². The van der Waals surface area contributed by atoms with E-state index in [1.165, 1.54) is 0 Å². The molecule has 2 heterocycles. The molecule has 6 nitrogen and oxygen atoms in total. The van der Waals surface area contributed by atoms with Crippen LogP contribution in [-0.2, 0) is 0 Å². The van der Waals surface area contributed by atoms with Gasteiger partial charge in [0.25, 0.3) is 5.78 Å². The zero-order valence-corrected chi connectivity index (χ0v) is 11.9. The Kier molecular flexibility index (Phi) is 2.69. The van der Waals surface area contributed by atoms with Crippen LogP contribution in [0.3, 0.4) is 0 Å². The highest BCUT2D eigenvalue weighted by Gasteiger charge is 2.15. The minimum Gasteiger partial charge on any atom is -0.506 e. The van der Waals surface area contributed by atoms with E-state index < -0.39 is 0 Å². The van der Waals surface area contributed by atoms with Crippen molar-refractivity contribution in [1.82, 2.24) is 19.6 Å². The average Bonchev–Trinajstić information content (AvgIpc) is 3.03. The van der Waals surface area contributed by atoms with Gasteiger partial charge >= 0.3 is 0 Å². The highest BCUT2D eigenvalue weighted by molar-refractivity contribution is 5.93. The van der Waals surface area contributed by atoms with E-state index in [1.54, 1.807) is 18.5 Å². The van der Waals surface area contributed by atoms with Gasteiger partial charge in [0, 0.05) is 12.4 Å². The van der Waals surface area contributed by atoms with Crippen molar-refractivity contribution in [2.45, 2.75) is 0 Å². The largest absolute Gasteiger partial charge is 0.506 e. The van der Waals surface area contributed by atoms with Crippen LogP contribution in [0.5, 0.6) is 5.75 Å². The highest BCUT2D eigenvalue weighted by atomic mass is 16.3. The molecule has 4 aromatic rings. The molecule has 0 aliphatic rings. The molecule has 0 atom stereocenters. The van der Waals surface area contributed by atoms with Crippen LogP contribution in [-0.4, -0.2) is 31.7 Å². The van der Waals surface area contributed by atoms with Gasteiger partial charge in [-0.2, -0.15) is 4.98 Å². The summed E-state index contributed by atoms with van der Waals surface area (Å²) in [5, 5.41) is 19.0. The summed E-state index contributed by atoms with van der Waals surface area (Å²) in [7, 11) is 1.87. The Bertz CT molecular complexity index is 979. The van der Waals surface area contributed by atoms with Gasteiger partial charge in [0.05, 0.1) is 11.2 Å². The number of hydrogen-bond acceptors (Lipinski definition) is 5. The van der Waals surface area contributed by atoms with Crippen LogP contribution in [0.4, 0.5) is 11.5 Å². The van der Waals surface area contributed by atoms with Crippen LogP contribution >= 0.6 is 0 Å². The number of aromatic hydroxyl groups is 1. The molecule has 0 fully saturated rings. The first kappa shape index (κ1) is 12.6. The van der Waals surface area contributed by atoms with Gasteiger partial charge in [-0.05, 0) is 24.3 Å². The van der Waals surface area contributed by atoms with Crippen LogP contribution in [0, 0.1) is 0 Å². The second-order valence-corrected chi connectivity index (χ2v) is 5.00.